The monoisotopic (exact) mass is 460 g/mol. The summed E-state index contributed by atoms with van der Waals surface area (Å²) in [7, 11) is 0. The van der Waals surface area contributed by atoms with Gasteiger partial charge in [0.1, 0.15) is 5.82 Å². The lowest BCUT2D eigenvalue weighted by molar-refractivity contribution is -0.0102. The van der Waals surface area contributed by atoms with Gasteiger partial charge in [0.2, 0.25) is 5.92 Å². The number of nitriles is 1. The van der Waals surface area contributed by atoms with Gasteiger partial charge < -0.3 is 10.2 Å². The van der Waals surface area contributed by atoms with E-state index in [2.05, 4.69) is 16.4 Å². The highest BCUT2D eigenvalue weighted by Gasteiger charge is 2.33. The van der Waals surface area contributed by atoms with Crippen LogP contribution in [-0.2, 0) is 0 Å². The quantitative estimate of drug-likeness (QED) is 0.510. The predicted molar refractivity (Wildman–Crippen MR) is 129 cm³/mol. The minimum Gasteiger partial charge on any atom is -0.356 e. The number of pyridine rings is 1. The van der Waals surface area contributed by atoms with Crippen molar-refractivity contribution < 1.29 is 13.6 Å². The van der Waals surface area contributed by atoms with Crippen LogP contribution in [0, 0.1) is 25.2 Å². The van der Waals surface area contributed by atoms with Crippen LogP contribution in [0.4, 0.5) is 20.3 Å². The number of hydrogen-bond donors (Lipinski definition) is 1. The summed E-state index contributed by atoms with van der Waals surface area (Å²) in [6.07, 6.45) is 1.56. The van der Waals surface area contributed by atoms with Gasteiger partial charge >= 0.3 is 0 Å². The largest absolute Gasteiger partial charge is 0.356 e. The van der Waals surface area contributed by atoms with E-state index >= 15 is 0 Å². The molecule has 1 saturated heterocycles. The molecule has 0 radical (unpaired) electrons. The van der Waals surface area contributed by atoms with Gasteiger partial charge in [-0.3, -0.25) is 4.79 Å². The van der Waals surface area contributed by atoms with Gasteiger partial charge in [-0.05, 0) is 61.2 Å². The Hall–Kier alpha value is -3.79. The molecule has 1 aliphatic rings. The van der Waals surface area contributed by atoms with Crippen LogP contribution in [-0.4, -0.2) is 29.9 Å². The van der Waals surface area contributed by atoms with Crippen molar-refractivity contribution in [2.45, 2.75) is 39.0 Å². The summed E-state index contributed by atoms with van der Waals surface area (Å²) in [6, 6.07) is 16.6. The predicted octanol–water partition coefficient (Wildman–Crippen LogP) is 6.12. The first-order valence-electron chi connectivity index (χ1n) is 11.3. The van der Waals surface area contributed by atoms with Crippen LogP contribution in [0.15, 0.2) is 54.7 Å². The number of aromatic nitrogens is 1. The van der Waals surface area contributed by atoms with Crippen LogP contribution in [0.3, 0.4) is 0 Å². The van der Waals surface area contributed by atoms with Gasteiger partial charge in [-0.1, -0.05) is 24.3 Å². The number of halogens is 2. The molecule has 2 heterocycles. The highest BCUT2D eigenvalue weighted by Crippen LogP contribution is 2.34. The molecule has 3 aromatic rings. The second-order valence-corrected chi connectivity index (χ2v) is 8.70. The van der Waals surface area contributed by atoms with Crippen molar-refractivity contribution in [3.63, 3.8) is 0 Å². The molecule has 0 aliphatic carbocycles. The summed E-state index contributed by atoms with van der Waals surface area (Å²) in [5.74, 6) is -2.63. The SMILES string of the molecule is Cc1cccc(NC(=O)c2c(N3CCCC(F)(F)CC3)ncc(-c3ccc(C#N)cc3)c2C)c1. The smallest absolute Gasteiger partial charge is 0.259 e. The van der Waals surface area contributed by atoms with E-state index in [1.165, 1.54) is 0 Å². The van der Waals surface area contributed by atoms with Gasteiger partial charge in [-0.25, -0.2) is 13.8 Å². The molecule has 2 aromatic carbocycles. The fourth-order valence-electron chi connectivity index (χ4n) is 4.31. The van der Waals surface area contributed by atoms with Crippen molar-refractivity contribution in [1.29, 1.82) is 5.26 Å². The van der Waals surface area contributed by atoms with E-state index in [-0.39, 0.29) is 25.3 Å². The first-order chi connectivity index (χ1) is 16.3. The third-order valence-corrected chi connectivity index (χ3v) is 6.16. The molecular weight excluding hydrogens is 434 g/mol. The molecule has 1 aromatic heterocycles. The maximum Gasteiger partial charge on any atom is 0.259 e. The minimum atomic E-state index is -2.71. The lowest BCUT2D eigenvalue weighted by atomic mass is 9.97. The number of rotatable bonds is 4. The fraction of sp³-hybridized carbons (Fsp3) is 0.296. The van der Waals surface area contributed by atoms with Gasteiger partial charge in [0, 0.05) is 43.4 Å². The molecule has 34 heavy (non-hydrogen) atoms. The van der Waals surface area contributed by atoms with Crippen LogP contribution in [0.5, 0.6) is 0 Å². The molecule has 0 atom stereocenters. The Morgan fingerprint density at radius 1 is 1.12 bits per heavy atom. The Morgan fingerprint density at radius 2 is 1.88 bits per heavy atom. The second-order valence-electron chi connectivity index (χ2n) is 8.70. The molecule has 174 valence electrons. The highest BCUT2D eigenvalue weighted by atomic mass is 19.3. The van der Waals surface area contributed by atoms with E-state index in [9.17, 15) is 13.6 Å². The van der Waals surface area contributed by atoms with Gasteiger partial charge in [0.15, 0.2) is 0 Å². The number of aryl methyl sites for hydroxylation is 1. The van der Waals surface area contributed by atoms with Crippen LogP contribution in [0.25, 0.3) is 11.1 Å². The Bertz CT molecular complexity index is 1250. The van der Waals surface area contributed by atoms with E-state index in [0.29, 0.717) is 41.2 Å². The lowest BCUT2D eigenvalue weighted by Crippen LogP contribution is -2.30. The number of carbonyl (C=O) groups excluding carboxylic acids is 1. The van der Waals surface area contributed by atoms with E-state index in [1.807, 2.05) is 50.2 Å². The van der Waals surface area contributed by atoms with E-state index in [1.54, 1.807) is 23.2 Å². The average Bonchev–Trinajstić information content (AvgIpc) is 2.99. The molecule has 0 bridgehead atoms. The first-order valence-corrected chi connectivity index (χ1v) is 11.3. The molecule has 0 spiro atoms. The van der Waals surface area contributed by atoms with Gasteiger partial charge in [0.05, 0.1) is 17.2 Å². The Morgan fingerprint density at radius 3 is 2.59 bits per heavy atom. The number of anilines is 2. The normalized spacial score (nSPS) is 15.3. The summed E-state index contributed by atoms with van der Waals surface area (Å²) in [5.41, 5.74) is 4.85. The summed E-state index contributed by atoms with van der Waals surface area (Å²) in [6.45, 7) is 4.32. The Balaban J connectivity index is 1.78. The number of amides is 1. The van der Waals surface area contributed by atoms with Gasteiger partial charge in [-0.15, -0.1) is 0 Å². The van der Waals surface area contributed by atoms with Crippen molar-refractivity contribution >= 4 is 17.4 Å². The van der Waals surface area contributed by atoms with Crippen LogP contribution < -0.4 is 10.2 Å². The molecule has 5 nitrogen and oxygen atoms in total. The number of carbonyl (C=O) groups is 1. The zero-order valence-corrected chi connectivity index (χ0v) is 19.2. The lowest BCUT2D eigenvalue weighted by Gasteiger charge is -2.26. The van der Waals surface area contributed by atoms with Crippen LogP contribution >= 0.6 is 0 Å². The van der Waals surface area contributed by atoms with Gasteiger partial charge in [-0.2, -0.15) is 5.26 Å². The van der Waals surface area contributed by atoms with Crippen LogP contribution in [0.2, 0.25) is 0 Å². The number of nitrogens with zero attached hydrogens (tertiary/aromatic N) is 3. The van der Waals surface area contributed by atoms with Crippen molar-refractivity contribution in [3.8, 4) is 17.2 Å². The molecule has 4 rings (SSSR count). The standard InChI is InChI=1S/C27H26F2N4O/c1-18-5-3-6-22(15-18)32-26(34)24-19(2)23(21-9-7-20(16-30)8-10-21)17-31-25(24)33-13-4-11-27(28,29)12-14-33/h3,5-10,15,17H,4,11-14H2,1-2H3,(H,32,34). The zero-order valence-electron chi connectivity index (χ0n) is 19.2. The molecule has 0 saturated carbocycles. The maximum atomic E-state index is 14.0. The number of nitrogens with one attached hydrogen (secondary N) is 1. The third kappa shape index (κ3) is 5.07. The average molecular weight is 461 g/mol. The molecule has 0 unspecified atom stereocenters. The molecule has 1 N–H and O–H groups in total. The first kappa shape index (κ1) is 23.4. The third-order valence-electron chi connectivity index (χ3n) is 6.16. The maximum absolute atomic E-state index is 14.0. The highest BCUT2D eigenvalue weighted by molar-refractivity contribution is 6.09. The number of alkyl halides is 2. The molecular formula is C27H26F2N4O. The summed E-state index contributed by atoms with van der Waals surface area (Å²) in [4.78, 5) is 19.9. The van der Waals surface area contributed by atoms with Crippen molar-refractivity contribution in [2.24, 2.45) is 0 Å². The summed E-state index contributed by atoms with van der Waals surface area (Å²) in [5, 5.41) is 12.0. The van der Waals surface area contributed by atoms with Crippen molar-refractivity contribution in [3.05, 3.63) is 77.0 Å². The Labute approximate surface area is 198 Å². The number of hydrogen-bond acceptors (Lipinski definition) is 4. The van der Waals surface area contributed by atoms with E-state index in [4.69, 9.17) is 5.26 Å². The summed E-state index contributed by atoms with van der Waals surface area (Å²) >= 11 is 0. The minimum absolute atomic E-state index is 0.125. The molecule has 1 aliphatic heterocycles. The van der Waals surface area contributed by atoms with Crippen molar-refractivity contribution in [2.75, 3.05) is 23.3 Å². The second kappa shape index (κ2) is 9.60. The van der Waals surface area contributed by atoms with E-state index in [0.717, 1.165) is 16.7 Å². The van der Waals surface area contributed by atoms with Gasteiger partial charge in [0.25, 0.3) is 5.91 Å². The topological polar surface area (TPSA) is 69.0 Å². The summed E-state index contributed by atoms with van der Waals surface area (Å²) < 4.78 is 28.0. The number of benzene rings is 2. The molecule has 7 heteroatoms. The zero-order chi connectivity index (χ0) is 24.3. The fourth-order valence-corrected chi connectivity index (χ4v) is 4.31. The molecule has 1 amide bonds. The van der Waals surface area contributed by atoms with Crippen LogP contribution in [0.1, 0.15) is 46.3 Å². The molecule has 1 fully saturated rings. The van der Waals surface area contributed by atoms with E-state index < -0.39 is 5.92 Å². The Kier molecular flexibility index (Phi) is 6.60. The van der Waals surface area contributed by atoms with Crippen molar-refractivity contribution in [1.82, 2.24) is 4.98 Å².